The lowest BCUT2D eigenvalue weighted by Crippen LogP contribution is -1.99. The maximum absolute atomic E-state index is 12.8. The molecule has 7 rings (SSSR count). The molecule has 2 aliphatic rings. The summed E-state index contributed by atoms with van der Waals surface area (Å²) in [6.45, 7) is 2.03. The van der Waals surface area contributed by atoms with Crippen LogP contribution in [0.2, 0.25) is 0 Å². The van der Waals surface area contributed by atoms with E-state index in [1.54, 1.807) is 83.4 Å². The highest BCUT2D eigenvalue weighted by Gasteiger charge is 2.33. The van der Waals surface area contributed by atoms with Crippen molar-refractivity contribution in [2.75, 3.05) is 0 Å². The molecule has 40 heavy (non-hydrogen) atoms. The second-order valence-corrected chi connectivity index (χ2v) is 12.8. The third-order valence-corrected chi connectivity index (χ3v) is 10.7. The Balaban J connectivity index is 1.15. The molecule has 3 aromatic heterocycles. The minimum absolute atomic E-state index is 0.208. The molecule has 192 valence electrons. The Morgan fingerprint density at radius 3 is 1.50 bits per heavy atom. The molecule has 0 atom stereocenters. The van der Waals surface area contributed by atoms with Gasteiger partial charge in [0, 0.05) is 51.5 Å². The van der Waals surface area contributed by atoms with E-state index in [2.05, 4.69) is 12.1 Å². The molecule has 0 saturated carbocycles. The van der Waals surface area contributed by atoms with Crippen molar-refractivity contribution in [3.05, 3.63) is 128 Å². The second-order valence-electron chi connectivity index (χ2n) is 9.55. The average Bonchev–Trinajstić information content (AvgIpc) is 3.78. The molecule has 0 saturated heterocycles. The Morgan fingerprint density at radius 1 is 0.500 bits per heavy atom. The molecule has 0 aliphatic heterocycles. The summed E-state index contributed by atoms with van der Waals surface area (Å²) in [5.74, 6) is -0.893. The van der Waals surface area contributed by atoms with E-state index in [0.717, 1.165) is 34.8 Å². The van der Waals surface area contributed by atoms with Gasteiger partial charge in [0.05, 0.1) is 11.1 Å². The number of aryl methyl sites for hydroxylation is 1. The van der Waals surface area contributed by atoms with E-state index in [1.165, 1.54) is 11.3 Å². The lowest BCUT2D eigenvalue weighted by molar-refractivity contribution is 0.0975. The highest BCUT2D eigenvalue weighted by atomic mass is 32.1. The number of Topliss-reactive ketones (excluding diaryl/α,β-unsaturated/α-hetero) is 4. The molecule has 2 aliphatic carbocycles. The standard InChI is InChI=1S/C33H18O4S3/c1-17-14-19(16-25-31(36)22-8-4-5-9-23(22)32(25)37)39-33(17)28-13-12-27(40-28)26-11-10-18(38-26)15-24-29(34)20-6-2-3-7-21(20)30(24)35/h2-16H,1H3. The first-order valence-electron chi connectivity index (χ1n) is 12.5. The van der Waals surface area contributed by atoms with E-state index >= 15 is 0 Å². The fourth-order valence-electron chi connectivity index (χ4n) is 5.07. The van der Waals surface area contributed by atoms with Crippen LogP contribution >= 0.6 is 34.0 Å². The summed E-state index contributed by atoms with van der Waals surface area (Å²) < 4.78 is 0. The molecule has 5 aromatic rings. The van der Waals surface area contributed by atoms with Gasteiger partial charge in [0.15, 0.2) is 23.1 Å². The summed E-state index contributed by atoms with van der Waals surface area (Å²) in [6, 6.07) is 24.0. The van der Waals surface area contributed by atoms with Gasteiger partial charge in [-0.05, 0) is 55.0 Å². The molecule has 2 aromatic carbocycles. The molecule has 0 N–H and O–H groups in total. The number of carbonyl (C=O) groups excluding carboxylic acids is 4. The van der Waals surface area contributed by atoms with Crippen molar-refractivity contribution in [2.45, 2.75) is 6.92 Å². The van der Waals surface area contributed by atoms with E-state index in [0.29, 0.717) is 22.3 Å². The number of ketones is 4. The van der Waals surface area contributed by atoms with E-state index in [-0.39, 0.29) is 34.3 Å². The SMILES string of the molecule is Cc1cc(C=C2C(=O)c3ccccc3C2=O)sc1-c1ccc(-c2ccc(C=C3C(=O)c4ccccc4C3=O)s2)s1. The first-order valence-corrected chi connectivity index (χ1v) is 14.9. The first-order chi connectivity index (χ1) is 19.4. The van der Waals surface area contributed by atoms with E-state index in [9.17, 15) is 19.2 Å². The Kier molecular flexibility index (Phi) is 5.82. The van der Waals surface area contributed by atoms with Crippen LogP contribution in [0.3, 0.4) is 0 Å². The smallest absolute Gasteiger partial charge is 0.197 e. The summed E-state index contributed by atoms with van der Waals surface area (Å²) in [7, 11) is 0. The fourth-order valence-corrected chi connectivity index (χ4v) is 8.41. The Morgan fingerprint density at radius 2 is 0.950 bits per heavy atom. The van der Waals surface area contributed by atoms with E-state index in [1.807, 2.05) is 25.1 Å². The Labute approximate surface area is 241 Å². The number of hydrogen-bond acceptors (Lipinski definition) is 7. The highest BCUT2D eigenvalue weighted by molar-refractivity contribution is 7.27. The van der Waals surface area contributed by atoms with Crippen LogP contribution in [0.5, 0.6) is 0 Å². The maximum atomic E-state index is 12.8. The van der Waals surface area contributed by atoms with Crippen molar-refractivity contribution in [3.63, 3.8) is 0 Å². The molecule has 0 amide bonds. The van der Waals surface area contributed by atoms with Crippen LogP contribution < -0.4 is 0 Å². The molecule has 3 heterocycles. The van der Waals surface area contributed by atoms with Gasteiger partial charge in [-0.15, -0.1) is 34.0 Å². The summed E-state index contributed by atoms with van der Waals surface area (Å²) in [4.78, 5) is 57.2. The quantitative estimate of drug-likeness (QED) is 0.160. The predicted octanol–water partition coefficient (Wildman–Crippen LogP) is 8.44. The molecule has 4 nitrogen and oxygen atoms in total. The second kappa shape index (κ2) is 9.41. The lowest BCUT2D eigenvalue weighted by atomic mass is 10.1. The van der Waals surface area contributed by atoms with Crippen molar-refractivity contribution in [3.8, 4) is 19.5 Å². The van der Waals surface area contributed by atoms with Gasteiger partial charge in [0.25, 0.3) is 0 Å². The Hall–Kier alpha value is -4.30. The van der Waals surface area contributed by atoms with Crippen LogP contribution in [0.25, 0.3) is 31.7 Å². The predicted molar refractivity (Wildman–Crippen MR) is 162 cm³/mol. The zero-order valence-electron chi connectivity index (χ0n) is 21.0. The third-order valence-electron chi connectivity index (χ3n) is 7.02. The van der Waals surface area contributed by atoms with Gasteiger partial charge in [0.1, 0.15) is 0 Å². The minimum atomic E-state index is -0.224. The number of carbonyl (C=O) groups is 4. The van der Waals surface area contributed by atoms with Crippen LogP contribution in [0.4, 0.5) is 0 Å². The monoisotopic (exact) mass is 574 g/mol. The van der Waals surface area contributed by atoms with Gasteiger partial charge in [-0.25, -0.2) is 0 Å². The van der Waals surface area contributed by atoms with Gasteiger partial charge < -0.3 is 0 Å². The largest absolute Gasteiger partial charge is 0.288 e. The van der Waals surface area contributed by atoms with E-state index in [4.69, 9.17) is 0 Å². The normalized spacial score (nSPS) is 14.2. The zero-order chi connectivity index (χ0) is 27.5. The molecule has 7 heteroatoms. The maximum Gasteiger partial charge on any atom is 0.197 e. The van der Waals surface area contributed by atoms with Crippen molar-refractivity contribution < 1.29 is 19.2 Å². The molecule has 0 fully saturated rings. The third kappa shape index (κ3) is 3.93. The molecule has 0 radical (unpaired) electrons. The summed E-state index contributed by atoms with van der Waals surface area (Å²) in [5.41, 5.74) is 3.36. The van der Waals surface area contributed by atoms with Gasteiger partial charge in [-0.1, -0.05) is 48.5 Å². The number of rotatable bonds is 4. The number of thiophene rings is 3. The minimum Gasteiger partial charge on any atom is -0.288 e. The van der Waals surface area contributed by atoms with Crippen LogP contribution in [0.15, 0.2) is 90.0 Å². The molecule has 0 bridgehead atoms. The molecule has 0 unspecified atom stereocenters. The van der Waals surface area contributed by atoms with Gasteiger partial charge in [0.2, 0.25) is 0 Å². The highest BCUT2D eigenvalue weighted by Crippen LogP contribution is 2.43. The van der Waals surface area contributed by atoms with Crippen molar-refractivity contribution in [2.24, 2.45) is 0 Å². The van der Waals surface area contributed by atoms with Gasteiger partial charge in [-0.2, -0.15) is 0 Å². The van der Waals surface area contributed by atoms with Crippen LogP contribution in [0, 0.1) is 6.92 Å². The number of benzene rings is 2. The van der Waals surface area contributed by atoms with Gasteiger partial charge in [-0.3, -0.25) is 19.2 Å². The Bertz CT molecular complexity index is 1920. The summed E-state index contributed by atoms with van der Waals surface area (Å²) in [5, 5.41) is 0. The molecular weight excluding hydrogens is 557 g/mol. The summed E-state index contributed by atoms with van der Waals surface area (Å²) >= 11 is 4.76. The van der Waals surface area contributed by atoms with Crippen molar-refractivity contribution in [1.82, 2.24) is 0 Å². The summed E-state index contributed by atoms with van der Waals surface area (Å²) in [6.07, 6.45) is 3.41. The lowest BCUT2D eigenvalue weighted by Gasteiger charge is -1.94. The zero-order valence-corrected chi connectivity index (χ0v) is 23.5. The molecular formula is C33H18O4S3. The van der Waals surface area contributed by atoms with Crippen LogP contribution in [-0.4, -0.2) is 23.1 Å². The fraction of sp³-hybridized carbons (Fsp3) is 0.0303. The topological polar surface area (TPSA) is 68.3 Å². The van der Waals surface area contributed by atoms with Gasteiger partial charge >= 0.3 is 0 Å². The first kappa shape index (κ1) is 24.7. The average molecular weight is 575 g/mol. The van der Waals surface area contributed by atoms with Crippen molar-refractivity contribution in [1.29, 1.82) is 0 Å². The number of hydrogen-bond donors (Lipinski definition) is 0. The van der Waals surface area contributed by atoms with E-state index < -0.39 is 0 Å². The number of fused-ring (bicyclic) bond motifs is 2. The number of allylic oxidation sites excluding steroid dienone is 2. The molecule has 0 spiro atoms. The van der Waals surface area contributed by atoms with Crippen LogP contribution in [0.1, 0.15) is 56.7 Å². The van der Waals surface area contributed by atoms with Crippen LogP contribution in [-0.2, 0) is 0 Å². The van der Waals surface area contributed by atoms with Crippen molar-refractivity contribution >= 4 is 69.3 Å².